The number of rotatable bonds is 5. The number of carbonyl (C=O) groups excluding carboxylic acids is 1. The van der Waals surface area contributed by atoms with E-state index in [0.29, 0.717) is 18.7 Å². The van der Waals surface area contributed by atoms with Crippen molar-refractivity contribution < 1.29 is 9.18 Å². The van der Waals surface area contributed by atoms with Crippen LogP contribution in [0.25, 0.3) is 0 Å². The minimum Gasteiger partial charge on any atom is -0.354 e. The highest BCUT2D eigenvalue weighted by molar-refractivity contribution is 5.81. The smallest absolute Gasteiger partial charge is 0.224 e. The minimum atomic E-state index is -0.320. The van der Waals surface area contributed by atoms with Crippen LogP contribution < -0.4 is 10.6 Å². The van der Waals surface area contributed by atoms with Crippen LogP contribution in [0.4, 0.5) is 4.39 Å². The summed E-state index contributed by atoms with van der Waals surface area (Å²) in [6.45, 7) is 2.87. The van der Waals surface area contributed by atoms with Crippen LogP contribution in [-0.4, -0.2) is 50.0 Å². The molecule has 2 N–H and O–H groups in total. The number of likely N-dealkylation sites (N-methyl/N-ethyl adjacent to an activating group) is 1. The Bertz CT molecular complexity index is 504. The summed E-state index contributed by atoms with van der Waals surface area (Å²) in [6.07, 6.45) is 0.193. The lowest BCUT2D eigenvalue weighted by Gasteiger charge is -2.15. The maximum Gasteiger partial charge on any atom is 0.224 e. The number of hydrogen-bond donors (Lipinski definition) is 2. The normalized spacial score (nSPS) is 14.1. The number of guanidine groups is 1. The molecule has 0 saturated carbocycles. The zero-order valence-electron chi connectivity index (χ0n) is 11.5. The second kappa shape index (κ2) is 6.88. The van der Waals surface area contributed by atoms with Gasteiger partial charge in [-0.25, -0.2) is 4.39 Å². The van der Waals surface area contributed by atoms with Gasteiger partial charge in [0.05, 0.1) is 13.0 Å². The topological polar surface area (TPSA) is 56.7 Å². The van der Waals surface area contributed by atoms with Gasteiger partial charge in [0.15, 0.2) is 5.96 Å². The average Bonchev–Trinajstić information content (AvgIpc) is 2.80. The zero-order valence-corrected chi connectivity index (χ0v) is 11.5. The Labute approximate surface area is 117 Å². The van der Waals surface area contributed by atoms with Crippen LogP contribution in [0.3, 0.4) is 0 Å². The van der Waals surface area contributed by atoms with E-state index in [1.807, 2.05) is 11.9 Å². The van der Waals surface area contributed by atoms with Crippen LogP contribution in [-0.2, 0) is 11.2 Å². The van der Waals surface area contributed by atoms with Crippen molar-refractivity contribution in [1.29, 1.82) is 0 Å². The molecule has 0 spiro atoms. The van der Waals surface area contributed by atoms with Gasteiger partial charge in [0.1, 0.15) is 5.82 Å². The molecule has 1 amide bonds. The van der Waals surface area contributed by atoms with E-state index >= 15 is 0 Å². The molecule has 1 aromatic carbocycles. The molecule has 0 unspecified atom stereocenters. The van der Waals surface area contributed by atoms with Crippen LogP contribution in [0.1, 0.15) is 5.56 Å². The summed E-state index contributed by atoms with van der Waals surface area (Å²) < 4.78 is 13.0. The van der Waals surface area contributed by atoms with E-state index in [2.05, 4.69) is 15.6 Å². The summed E-state index contributed by atoms with van der Waals surface area (Å²) in [7, 11) is 1.97. The van der Waals surface area contributed by atoms with Crippen molar-refractivity contribution >= 4 is 11.9 Å². The molecule has 1 aliphatic heterocycles. The summed E-state index contributed by atoms with van der Waals surface area (Å²) in [5, 5.41) is 5.95. The number of amides is 1. The Hall–Kier alpha value is -2.11. The van der Waals surface area contributed by atoms with Crippen LogP contribution in [0, 0.1) is 5.82 Å². The van der Waals surface area contributed by atoms with Crippen molar-refractivity contribution in [1.82, 2.24) is 15.5 Å². The van der Waals surface area contributed by atoms with E-state index in [-0.39, 0.29) is 18.1 Å². The lowest BCUT2D eigenvalue weighted by Crippen LogP contribution is -2.40. The fraction of sp³-hybridized carbons (Fsp3) is 0.429. The minimum absolute atomic E-state index is 0.112. The monoisotopic (exact) mass is 278 g/mol. The van der Waals surface area contributed by atoms with Gasteiger partial charge in [0.2, 0.25) is 5.91 Å². The van der Waals surface area contributed by atoms with Gasteiger partial charge in [0.25, 0.3) is 0 Å². The number of carbonyl (C=O) groups is 1. The maximum atomic E-state index is 13.0. The quantitative estimate of drug-likeness (QED) is 0.765. The third kappa shape index (κ3) is 4.22. The van der Waals surface area contributed by atoms with E-state index in [1.54, 1.807) is 12.1 Å². The largest absolute Gasteiger partial charge is 0.354 e. The van der Waals surface area contributed by atoms with Crippen molar-refractivity contribution in [3.05, 3.63) is 35.6 Å². The number of halogens is 1. The third-order valence-electron chi connectivity index (χ3n) is 3.04. The molecule has 108 valence electrons. The molecule has 0 saturated heterocycles. The number of benzene rings is 1. The molecule has 1 aromatic rings. The molecular formula is C14H19FN4O. The molecule has 0 bridgehead atoms. The average molecular weight is 278 g/mol. The van der Waals surface area contributed by atoms with Crippen molar-refractivity contribution in [3.8, 4) is 0 Å². The Morgan fingerprint density at radius 1 is 1.45 bits per heavy atom. The Kier molecular flexibility index (Phi) is 4.92. The predicted molar refractivity (Wildman–Crippen MR) is 76.0 cm³/mol. The molecule has 1 aliphatic rings. The van der Waals surface area contributed by atoms with Crippen molar-refractivity contribution in [2.45, 2.75) is 6.42 Å². The lowest BCUT2D eigenvalue weighted by molar-refractivity contribution is -0.120. The fourth-order valence-corrected chi connectivity index (χ4v) is 1.99. The summed E-state index contributed by atoms with van der Waals surface area (Å²) >= 11 is 0. The zero-order chi connectivity index (χ0) is 14.4. The van der Waals surface area contributed by atoms with Crippen molar-refractivity contribution in [3.63, 3.8) is 0 Å². The van der Waals surface area contributed by atoms with Gasteiger partial charge >= 0.3 is 0 Å². The first-order chi connectivity index (χ1) is 9.65. The van der Waals surface area contributed by atoms with E-state index in [4.69, 9.17) is 0 Å². The molecule has 0 radical (unpaired) electrons. The number of aliphatic imine (C=N–C) groups is 1. The molecule has 20 heavy (non-hydrogen) atoms. The molecule has 2 rings (SSSR count). The lowest BCUT2D eigenvalue weighted by atomic mass is 10.1. The SMILES string of the molecule is CN1CCN=C1NCCNC(=O)Cc1cccc(F)c1. The van der Waals surface area contributed by atoms with Crippen LogP contribution >= 0.6 is 0 Å². The highest BCUT2D eigenvalue weighted by Crippen LogP contribution is 2.03. The summed E-state index contributed by atoms with van der Waals surface area (Å²) in [5.74, 6) is 0.433. The van der Waals surface area contributed by atoms with E-state index in [9.17, 15) is 9.18 Å². The molecule has 0 atom stereocenters. The van der Waals surface area contributed by atoms with Gasteiger partial charge < -0.3 is 15.5 Å². The first-order valence-electron chi connectivity index (χ1n) is 6.66. The van der Waals surface area contributed by atoms with Gasteiger partial charge in [-0.15, -0.1) is 0 Å². The summed E-state index contributed by atoms with van der Waals surface area (Å²) in [4.78, 5) is 18.0. The van der Waals surface area contributed by atoms with E-state index in [0.717, 1.165) is 19.0 Å². The highest BCUT2D eigenvalue weighted by Gasteiger charge is 2.11. The fourth-order valence-electron chi connectivity index (χ4n) is 1.99. The second-order valence-electron chi connectivity index (χ2n) is 4.71. The molecule has 5 nitrogen and oxygen atoms in total. The van der Waals surface area contributed by atoms with Gasteiger partial charge in [0, 0.05) is 26.7 Å². The first-order valence-corrected chi connectivity index (χ1v) is 6.66. The molecule has 0 fully saturated rings. The summed E-state index contributed by atoms with van der Waals surface area (Å²) in [6, 6.07) is 6.08. The molecule has 0 aromatic heterocycles. The number of hydrogen-bond acceptors (Lipinski definition) is 4. The van der Waals surface area contributed by atoms with E-state index in [1.165, 1.54) is 12.1 Å². The predicted octanol–water partition coefficient (Wildman–Crippen LogP) is 0.375. The number of nitrogens with zero attached hydrogens (tertiary/aromatic N) is 2. The first kappa shape index (κ1) is 14.3. The Morgan fingerprint density at radius 3 is 3.00 bits per heavy atom. The van der Waals surface area contributed by atoms with Crippen LogP contribution in [0.15, 0.2) is 29.3 Å². The summed E-state index contributed by atoms with van der Waals surface area (Å²) in [5.41, 5.74) is 0.676. The molecule has 6 heteroatoms. The Morgan fingerprint density at radius 2 is 2.30 bits per heavy atom. The third-order valence-corrected chi connectivity index (χ3v) is 3.04. The molecule has 1 heterocycles. The van der Waals surface area contributed by atoms with Crippen LogP contribution in [0.5, 0.6) is 0 Å². The van der Waals surface area contributed by atoms with Gasteiger partial charge in [-0.3, -0.25) is 9.79 Å². The number of nitrogens with one attached hydrogen (secondary N) is 2. The molecular weight excluding hydrogens is 259 g/mol. The Balaban J connectivity index is 1.65. The van der Waals surface area contributed by atoms with Gasteiger partial charge in [-0.05, 0) is 17.7 Å². The highest BCUT2D eigenvalue weighted by atomic mass is 19.1. The second-order valence-corrected chi connectivity index (χ2v) is 4.71. The van der Waals surface area contributed by atoms with Gasteiger partial charge in [-0.1, -0.05) is 12.1 Å². The standard InChI is InChI=1S/C14H19FN4O/c1-19-8-7-18-14(19)17-6-5-16-13(20)10-11-3-2-4-12(15)9-11/h2-4,9H,5-8,10H2,1H3,(H,16,20)(H,17,18). The van der Waals surface area contributed by atoms with E-state index < -0.39 is 0 Å². The van der Waals surface area contributed by atoms with Crippen molar-refractivity contribution in [2.24, 2.45) is 4.99 Å². The van der Waals surface area contributed by atoms with Crippen LogP contribution in [0.2, 0.25) is 0 Å². The maximum absolute atomic E-state index is 13.0. The molecule has 0 aliphatic carbocycles. The van der Waals surface area contributed by atoms with Gasteiger partial charge in [-0.2, -0.15) is 0 Å². The van der Waals surface area contributed by atoms with Crippen molar-refractivity contribution in [2.75, 3.05) is 33.2 Å².